The SMILES string of the molecule is COCCOCC(=O)N1CCCN(C(=O)COc2ccc(Cl)cc2Cl)CC1. The molecule has 0 spiro atoms. The van der Waals surface area contributed by atoms with Crippen molar-refractivity contribution in [2.45, 2.75) is 6.42 Å². The maximum absolute atomic E-state index is 12.4. The normalized spacial score (nSPS) is 14.8. The molecule has 0 aliphatic carbocycles. The number of hydrogen-bond donors (Lipinski definition) is 0. The highest BCUT2D eigenvalue weighted by atomic mass is 35.5. The zero-order chi connectivity index (χ0) is 19.6. The van der Waals surface area contributed by atoms with Crippen LogP contribution in [0.5, 0.6) is 5.75 Å². The molecule has 0 unspecified atom stereocenters. The Morgan fingerprint density at radius 1 is 1.00 bits per heavy atom. The summed E-state index contributed by atoms with van der Waals surface area (Å²) in [7, 11) is 1.58. The Morgan fingerprint density at radius 2 is 1.67 bits per heavy atom. The smallest absolute Gasteiger partial charge is 0.260 e. The highest BCUT2D eigenvalue weighted by molar-refractivity contribution is 6.35. The Hall–Kier alpha value is -1.54. The van der Waals surface area contributed by atoms with Crippen LogP contribution in [0.3, 0.4) is 0 Å². The third-order valence-corrected chi connectivity index (χ3v) is 4.63. The summed E-state index contributed by atoms with van der Waals surface area (Å²) in [6.45, 7) is 2.84. The summed E-state index contributed by atoms with van der Waals surface area (Å²) < 4.78 is 15.7. The number of carbonyl (C=O) groups is 2. The van der Waals surface area contributed by atoms with E-state index in [1.54, 1.807) is 35.1 Å². The monoisotopic (exact) mass is 418 g/mol. The van der Waals surface area contributed by atoms with Gasteiger partial charge < -0.3 is 24.0 Å². The number of benzene rings is 1. The maximum Gasteiger partial charge on any atom is 0.260 e. The minimum Gasteiger partial charge on any atom is -0.482 e. The van der Waals surface area contributed by atoms with Crippen LogP contribution in [0.25, 0.3) is 0 Å². The fourth-order valence-corrected chi connectivity index (χ4v) is 3.10. The Bertz CT molecular complexity index is 644. The van der Waals surface area contributed by atoms with Gasteiger partial charge in [-0.05, 0) is 24.6 Å². The van der Waals surface area contributed by atoms with Crippen molar-refractivity contribution in [3.63, 3.8) is 0 Å². The first kappa shape index (κ1) is 21.8. The molecule has 7 nitrogen and oxygen atoms in total. The van der Waals surface area contributed by atoms with Gasteiger partial charge >= 0.3 is 0 Å². The topological polar surface area (TPSA) is 68.3 Å². The van der Waals surface area contributed by atoms with Crippen molar-refractivity contribution in [2.24, 2.45) is 0 Å². The van der Waals surface area contributed by atoms with Gasteiger partial charge in [-0.15, -0.1) is 0 Å². The molecule has 0 N–H and O–H groups in total. The summed E-state index contributed by atoms with van der Waals surface area (Å²) in [5.74, 6) is 0.186. The van der Waals surface area contributed by atoms with E-state index in [2.05, 4.69) is 0 Å². The molecule has 1 heterocycles. The number of nitrogens with zero attached hydrogens (tertiary/aromatic N) is 2. The lowest BCUT2D eigenvalue weighted by Crippen LogP contribution is -2.40. The van der Waals surface area contributed by atoms with E-state index in [0.717, 1.165) is 0 Å². The van der Waals surface area contributed by atoms with Crippen LogP contribution in [-0.4, -0.2) is 81.3 Å². The molecule has 0 saturated carbocycles. The summed E-state index contributed by atoms with van der Waals surface area (Å²) in [5.41, 5.74) is 0. The second-order valence-corrected chi connectivity index (χ2v) is 6.87. The van der Waals surface area contributed by atoms with Gasteiger partial charge in [0.15, 0.2) is 6.61 Å². The third kappa shape index (κ3) is 7.18. The zero-order valence-corrected chi connectivity index (χ0v) is 16.8. The van der Waals surface area contributed by atoms with Crippen molar-refractivity contribution in [2.75, 3.05) is 59.7 Å². The van der Waals surface area contributed by atoms with Crippen LogP contribution in [0.2, 0.25) is 10.0 Å². The molecular weight excluding hydrogens is 395 g/mol. The first-order valence-corrected chi connectivity index (χ1v) is 9.47. The van der Waals surface area contributed by atoms with E-state index in [-0.39, 0.29) is 25.0 Å². The Labute approximate surface area is 169 Å². The van der Waals surface area contributed by atoms with Gasteiger partial charge in [0.05, 0.1) is 18.2 Å². The van der Waals surface area contributed by atoms with Crippen LogP contribution in [0, 0.1) is 0 Å². The van der Waals surface area contributed by atoms with Gasteiger partial charge in [0.1, 0.15) is 12.4 Å². The summed E-state index contributed by atoms with van der Waals surface area (Å²) >= 11 is 11.9. The van der Waals surface area contributed by atoms with E-state index in [0.29, 0.717) is 61.6 Å². The average Bonchev–Trinajstić information content (AvgIpc) is 2.90. The van der Waals surface area contributed by atoms with E-state index in [1.807, 2.05) is 0 Å². The fraction of sp³-hybridized carbons (Fsp3) is 0.556. The van der Waals surface area contributed by atoms with Crippen LogP contribution in [-0.2, 0) is 19.1 Å². The summed E-state index contributed by atoms with van der Waals surface area (Å²) in [6.07, 6.45) is 0.706. The summed E-state index contributed by atoms with van der Waals surface area (Å²) in [5, 5.41) is 0.860. The molecule has 0 atom stereocenters. The average molecular weight is 419 g/mol. The van der Waals surface area contributed by atoms with Crippen LogP contribution in [0.15, 0.2) is 18.2 Å². The Morgan fingerprint density at radius 3 is 2.30 bits per heavy atom. The molecule has 1 aromatic carbocycles. The van der Waals surface area contributed by atoms with E-state index >= 15 is 0 Å². The van der Waals surface area contributed by atoms with Gasteiger partial charge in [-0.2, -0.15) is 0 Å². The second kappa shape index (κ2) is 11.3. The largest absolute Gasteiger partial charge is 0.482 e. The third-order valence-electron chi connectivity index (χ3n) is 4.10. The molecule has 0 radical (unpaired) electrons. The first-order chi connectivity index (χ1) is 13.0. The van der Waals surface area contributed by atoms with Gasteiger partial charge in [0.25, 0.3) is 5.91 Å². The highest BCUT2D eigenvalue weighted by Gasteiger charge is 2.22. The molecule has 1 saturated heterocycles. The van der Waals surface area contributed by atoms with E-state index in [9.17, 15) is 9.59 Å². The van der Waals surface area contributed by atoms with Crippen molar-refractivity contribution in [3.05, 3.63) is 28.2 Å². The quantitative estimate of drug-likeness (QED) is 0.604. The van der Waals surface area contributed by atoms with Crippen molar-refractivity contribution in [3.8, 4) is 5.75 Å². The fourth-order valence-electron chi connectivity index (χ4n) is 2.63. The minimum absolute atomic E-state index is 0.0233. The van der Waals surface area contributed by atoms with Gasteiger partial charge in [-0.25, -0.2) is 0 Å². The zero-order valence-electron chi connectivity index (χ0n) is 15.3. The van der Waals surface area contributed by atoms with Gasteiger partial charge in [-0.1, -0.05) is 23.2 Å². The molecule has 9 heteroatoms. The summed E-state index contributed by atoms with van der Waals surface area (Å²) in [6, 6.07) is 4.84. The molecule has 0 aromatic heterocycles. The lowest BCUT2D eigenvalue weighted by Gasteiger charge is -2.22. The Balaban J connectivity index is 1.77. The van der Waals surface area contributed by atoms with Crippen LogP contribution in [0.4, 0.5) is 0 Å². The number of rotatable bonds is 8. The molecular formula is C18H24Cl2N2O5. The van der Waals surface area contributed by atoms with Crippen molar-refractivity contribution in [1.29, 1.82) is 0 Å². The molecule has 2 amide bonds. The van der Waals surface area contributed by atoms with Crippen LogP contribution >= 0.6 is 23.2 Å². The lowest BCUT2D eigenvalue weighted by atomic mass is 10.3. The van der Waals surface area contributed by atoms with Gasteiger partial charge in [0, 0.05) is 38.3 Å². The molecule has 27 heavy (non-hydrogen) atoms. The number of hydrogen-bond acceptors (Lipinski definition) is 5. The molecule has 0 bridgehead atoms. The summed E-state index contributed by atoms with van der Waals surface area (Å²) in [4.78, 5) is 28.0. The van der Waals surface area contributed by atoms with Crippen LogP contribution < -0.4 is 4.74 Å². The molecule has 2 rings (SSSR count). The standard InChI is InChI=1S/C18H24Cl2N2O5/c1-25-9-10-26-12-17(23)21-5-2-6-22(8-7-21)18(24)13-27-16-4-3-14(19)11-15(16)20/h3-4,11H,2,5-10,12-13H2,1H3. The predicted molar refractivity (Wildman–Crippen MR) is 102 cm³/mol. The number of amides is 2. The lowest BCUT2D eigenvalue weighted by molar-refractivity contribution is -0.137. The molecule has 1 aliphatic heterocycles. The predicted octanol–water partition coefficient (Wildman–Crippen LogP) is 2.10. The number of ether oxygens (including phenoxy) is 3. The number of carbonyl (C=O) groups excluding carboxylic acids is 2. The molecule has 1 fully saturated rings. The van der Waals surface area contributed by atoms with Crippen molar-refractivity contribution >= 4 is 35.0 Å². The van der Waals surface area contributed by atoms with E-state index in [1.165, 1.54) is 0 Å². The van der Waals surface area contributed by atoms with Crippen LogP contribution in [0.1, 0.15) is 6.42 Å². The maximum atomic E-state index is 12.4. The number of halogens is 2. The molecule has 1 aliphatic rings. The number of methoxy groups -OCH3 is 1. The van der Waals surface area contributed by atoms with E-state index < -0.39 is 0 Å². The Kier molecular flexibility index (Phi) is 9.14. The molecule has 1 aromatic rings. The first-order valence-electron chi connectivity index (χ1n) is 8.71. The van der Waals surface area contributed by atoms with Crippen molar-refractivity contribution in [1.82, 2.24) is 9.80 Å². The molecule has 150 valence electrons. The van der Waals surface area contributed by atoms with Crippen molar-refractivity contribution < 1.29 is 23.8 Å². The highest BCUT2D eigenvalue weighted by Crippen LogP contribution is 2.27. The minimum atomic E-state index is -0.147. The second-order valence-electron chi connectivity index (χ2n) is 6.02. The van der Waals surface area contributed by atoms with Gasteiger partial charge in [0.2, 0.25) is 5.91 Å². The van der Waals surface area contributed by atoms with Gasteiger partial charge in [-0.3, -0.25) is 9.59 Å². The van der Waals surface area contributed by atoms with E-state index in [4.69, 9.17) is 37.4 Å².